The molecule has 0 fully saturated rings. The van der Waals surface area contributed by atoms with E-state index >= 15 is 0 Å². The predicted octanol–water partition coefficient (Wildman–Crippen LogP) is 5.28. The van der Waals surface area contributed by atoms with Crippen molar-refractivity contribution in [2.75, 3.05) is 0 Å². The summed E-state index contributed by atoms with van der Waals surface area (Å²) in [5.74, 6) is 0.0839. The van der Waals surface area contributed by atoms with Crippen molar-refractivity contribution in [2.45, 2.75) is 45.4 Å². The zero-order chi connectivity index (χ0) is 18.0. The number of rotatable bonds is 4. The highest BCUT2D eigenvalue weighted by molar-refractivity contribution is 7.16. The summed E-state index contributed by atoms with van der Waals surface area (Å²) in [7, 11) is 0. The van der Waals surface area contributed by atoms with Crippen molar-refractivity contribution in [2.24, 2.45) is 4.99 Å². The van der Waals surface area contributed by atoms with Gasteiger partial charge in [0.05, 0.1) is 10.5 Å². The van der Waals surface area contributed by atoms with E-state index in [1.165, 1.54) is 4.88 Å². The molecule has 0 atom stereocenters. The van der Waals surface area contributed by atoms with E-state index in [2.05, 4.69) is 11.1 Å². The fourth-order valence-electron chi connectivity index (χ4n) is 3.18. The molecule has 6 heteroatoms. The lowest BCUT2D eigenvalue weighted by Gasteiger charge is -2.09. The minimum atomic E-state index is -0.350. The largest absolute Gasteiger partial charge is 0.273 e. The Morgan fingerprint density at radius 3 is 2.80 bits per heavy atom. The molecule has 0 amide bonds. The third-order valence-corrected chi connectivity index (χ3v) is 5.67. The molecule has 1 aromatic carbocycles. The van der Waals surface area contributed by atoms with Crippen LogP contribution in [0.3, 0.4) is 0 Å². The van der Waals surface area contributed by atoms with Crippen molar-refractivity contribution in [3.63, 3.8) is 0 Å². The number of aryl methyl sites for hydroxylation is 1. The number of hydrogen-bond acceptors (Lipinski definition) is 5. The monoisotopic (exact) mass is 353 g/mol. The van der Waals surface area contributed by atoms with Gasteiger partial charge in [0.15, 0.2) is 0 Å². The van der Waals surface area contributed by atoms with E-state index in [1.807, 2.05) is 19.9 Å². The number of nitro benzene ring substituents is 1. The fourth-order valence-corrected chi connectivity index (χ4v) is 4.36. The van der Waals surface area contributed by atoms with E-state index in [1.54, 1.807) is 29.7 Å². The van der Waals surface area contributed by atoms with Gasteiger partial charge in [-0.3, -0.25) is 10.1 Å². The maximum absolute atomic E-state index is 11.3. The molecule has 0 saturated carbocycles. The zero-order valence-corrected chi connectivity index (χ0v) is 15.1. The number of benzene rings is 1. The fraction of sp³-hybridized carbons (Fsp3) is 0.368. The molecule has 1 heterocycles. The van der Waals surface area contributed by atoms with Gasteiger partial charge >= 0.3 is 0 Å². The maximum Gasteiger partial charge on any atom is 0.273 e. The average Bonchev–Trinajstić information content (AvgIpc) is 2.97. The molecule has 0 unspecified atom stereocenters. The Hall–Kier alpha value is -2.52. The number of nitro groups is 1. The lowest BCUT2D eigenvalue weighted by atomic mass is 9.96. The first-order valence-electron chi connectivity index (χ1n) is 8.38. The number of fused-ring (bicyclic) bond motifs is 1. The van der Waals surface area contributed by atoms with Crippen molar-refractivity contribution < 1.29 is 4.92 Å². The summed E-state index contributed by atoms with van der Waals surface area (Å²) in [5.41, 5.74) is 3.32. The number of hydrogen-bond donors (Lipinski definition) is 0. The molecule has 5 nitrogen and oxygen atoms in total. The van der Waals surface area contributed by atoms with Crippen LogP contribution in [0.5, 0.6) is 0 Å². The average molecular weight is 353 g/mol. The second-order valence-electron chi connectivity index (χ2n) is 6.49. The van der Waals surface area contributed by atoms with Gasteiger partial charge in [0.1, 0.15) is 11.1 Å². The van der Waals surface area contributed by atoms with Crippen molar-refractivity contribution in [1.29, 1.82) is 5.26 Å². The van der Waals surface area contributed by atoms with Crippen LogP contribution in [0.1, 0.15) is 59.7 Å². The minimum Gasteiger partial charge on any atom is -0.258 e. The summed E-state index contributed by atoms with van der Waals surface area (Å²) in [6, 6.07) is 7.46. The predicted molar refractivity (Wildman–Crippen MR) is 100 cm³/mol. The summed E-state index contributed by atoms with van der Waals surface area (Å²) < 4.78 is 0. The third kappa shape index (κ3) is 3.47. The van der Waals surface area contributed by atoms with Crippen molar-refractivity contribution >= 4 is 28.2 Å². The van der Waals surface area contributed by atoms with Crippen LogP contribution in [0.25, 0.3) is 0 Å². The van der Waals surface area contributed by atoms with Crippen LogP contribution >= 0.6 is 11.3 Å². The van der Waals surface area contributed by atoms with Crippen LogP contribution in [0.2, 0.25) is 0 Å². The molecule has 1 aliphatic carbocycles. The Labute approximate surface area is 150 Å². The maximum atomic E-state index is 11.3. The molecule has 3 rings (SSSR count). The summed E-state index contributed by atoms with van der Waals surface area (Å²) in [6.45, 7) is 3.87. The van der Waals surface area contributed by atoms with E-state index in [0.29, 0.717) is 21.7 Å². The number of nitrogens with zero attached hydrogens (tertiary/aromatic N) is 3. The van der Waals surface area contributed by atoms with E-state index < -0.39 is 0 Å². The van der Waals surface area contributed by atoms with Crippen LogP contribution in [0.4, 0.5) is 10.7 Å². The zero-order valence-electron chi connectivity index (χ0n) is 14.3. The van der Waals surface area contributed by atoms with Crippen LogP contribution in [0, 0.1) is 21.4 Å². The lowest BCUT2D eigenvalue weighted by molar-refractivity contribution is -0.385. The van der Waals surface area contributed by atoms with Crippen molar-refractivity contribution in [3.8, 4) is 6.07 Å². The van der Waals surface area contributed by atoms with E-state index in [4.69, 9.17) is 0 Å². The smallest absolute Gasteiger partial charge is 0.258 e. The van der Waals surface area contributed by atoms with Gasteiger partial charge in [-0.25, -0.2) is 4.99 Å². The van der Waals surface area contributed by atoms with Gasteiger partial charge in [0.2, 0.25) is 0 Å². The number of thiophene rings is 1. The molecular formula is C19H19N3O2S. The molecule has 25 heavy (non-hydrogen) atoms. The van der Waals surface area contributed by atoms with E-state index in [-0.39, 0.29) is 16.5 Å². The van der Waals surface area contributed by atoms with Gasteiger partial charge in [-0.1, -0.05) is 26.0 Å². The van der Waals surface area contributed by atoms with Crippen molar-refractivity contribution in [1.82, 2.24) is 0 Å². The number of aliphatic imine (C=N–C) groups is 1. The Morgan fingerprint density at radius 1 is 1.36 bits per heavy atom. The first-order valence-corrected chi connectivity index (χ1v) is 9.20. The minimum absolute atomic E-state index is 0.0839. The molecule has 0 saturated heterocycles. The first kappa shape index (κ1) is 17.3. The van der Waals surface area contributed by atoms with Crippen LogP contribution < -0.4 is 0 Å². The summed E-state index contributed by atoms with van der Waals surface area (Å²) in [6.07, 6.45) is 5.85. The second-order valence-corrected chi connectivity index (χ2v) is 7.57. The van der Waals surface area contributed by atoms with Gasteiger partial charge in [-0.15, -0.1) is 11.3 Å². The van der Waals surface area contributed by atoms with Crippen LogP contribution in [-0.2, 0) is 12.8 Å². The molecule has 1 aromatic heterocycles. The lowest BCUT2D eigenvalue weighted by Crippen LogP contribution is -1.99. The molecule has 128 valence electrons. The SMILES string of the molecule is CC(C)c1ccc(C=Nc2sc3c(c2C#N)CCCC3)cc1[N+](=O)[O-]. The van der Waals surface area contributed by atoms with Gasteiger partial charge in [-0.05, 0) is 42.7 Å². The molecule has 0 bridgehead atoms. The Balaban J connectivity index is 1.95. The highest BCUT2D eigenvalue weighted by Gasteiger charge is 2.20. The van der Waals surface area contributed by atoms with E-state index in [9.17, 15) is 15.4 Å². The highest BCUT2D eigenvalue weighted by Crippen LogP contribution is 2.39. The standard InChI is InChI=1S/C19H19N3O2S/c1-12(2)14-8-7-13(9-17(14)22(23)24)11-21-19-16(10-20)15-5-3-4-6-18(15)25-19/h7-9,11-12H,3-6H2,1-2H3. The summed E-state index contributed by atoms with van der Waals surface area (Å²) >= 11 is 1.57. The van der Waals surface area contributed by atoms with Gasteiger partial charge in [0, 0.05) is 22.7 Å². The van der Waals surface area contributed by atoms with Crippen molar-refractivity contribution in [3.05, 3.63) is 55.4 Å². The first-order chi connectivity index (χ1) is 12.0. The summed E-state index contributed by atoms with van der Waals surface area (Å²) in [5, 5.41) is 21.5. The summed E-state index contributed by atoms with van der Waals surface area (Å²) in [4.78, 5) is 16.7. The molecule has 0 radical (unpaired) electrons. The Morgan fingerprint density at radius 2 is 2.12 bits per heavy atom. The highest BCUT2D eigenvalue weighted by atomic mass is 32.1. The van der Waals surface area contributed by atoms with Crippen LogP contribution in [0.15, 0.2) is 23.2 Å². The second kappa shape index (κ2) is 7.16. The molecule has 0 N–H and O–H groups in total. The van der Waals surface area contributed by atoms with Gasteiger partial charge in [-0.2, -0.15) is 5.26 Å². The van der Waals surface area contributed by atoms with Crippen LogP contribution in [-0.4, -0.2) is 11.1 Å². The van der Waals surface area contributed by atoms with Gasteiger partial charge < -0.3 is 0 Å². The van der Waals surface area contributed by atoms with E-state index in [0.717, 1.165) is 31.2 Å². The molecule has 0 spiro atoms. The Bertz CT molecular complexity index is 891. The quantitative estimate of drug-likeness (QED) is 0.426. The molecule has 2 aromatic rings. The third-order valence-electron chi connectivity index (χ3n) is 4.47. The van der Waals surface area contributed by atoms with Gasteiger partial charge in [0.25, 0.3) is 5.69 Å². The molecule has 0 aliphatic heterocycles. The molecular weight excluding hydrogens is 334 g/mol. The topological polar surface area (TPSA) is 79.3 Å². The Kier molecular flexibility index (Phi) is 4.95. The molecule has 1 aliphatic rings. The number of nitriles is 1. The normalized spacial score (nSPS) is 13.8.